The van der Waals surface area contributed by atoms with Gasteiger partial charge in [-0.15, -0.1) is 0 Å². The van der Waals surface area contributed by atoms with Gasteiger partial charge >= 0.3 is 0 Å². The molecule has 4 nitrogen and oxygen atoms in total. The van der Waals surface area contributed by atoms with Gasteiger partial charge in [0, 0.05) is 15.7 Å². The van der Waals surface area contributed by atoms with E-state index in [1.807, 2.05) is 39.0 Å². The molecule has 0 bridgehead atoms. The van der Waals surface area contributed by atoms with Crippen molar-refractivity contribution < 1.29 is 9.59 Å². The molecule has 0 radical (unpaired) electrons. The minimum absolute atomic E-state index is 0.217. The molecule has 1 N–H and O–H groups in total. The van der Waals surface area contributed by atoms with Crippen LogP contribution >= 0.6 is 23.2 Å². The first-order chi connectivity index (χ1) is 14.7. The zero-order valence-electron chi connectivity index (χ0n) is 17.3. The number of carbonyl (C=O) groups is 2. The van der Waals surface area contributed by atoms with E-state index in [2.05, 4.69) is 5.32 Å². The van der Waals surface area contributed by atoms with Gasteiger partial charge in [-0.3, -0.25) is 9.59 Å². The number of imide groups is 1. The Kier molecular flexibility index (Phi) is 5.61. The molecule has 0 unspecified atom stereocenters. The third-order valence-corrected chi connectivity index (χ3v) is 5.78. The molecule has 4 rings (SSSR count). The van der Waals surface area contributed by atoms with Crippen molar-refractivity contribution in [3.63, 3.8) is 0 Å². The van der Waals surface area contributed by atoms with Crippen molar-refractivity contribution in [2.45, 2.75) is 20.8 Å². The van der Waals surface area contributed by atoms with Crippen LogP contribution in [0.5, 0.6) is 0 Å². The van der Waals surface area contributed by atoms with E-state index < -0.39 is 11.8 Å². The molecule has 0 saturated heterocycles. The number of anilines is 2. The average Bonchev–Trinajstić information content (AvgIpc) is 2.94. The SMILES string of the molecule is Cc1cc(C)cc(NC2=C(c3ccc(Cl)cc3)C(=O)N(c3ccc(C)c(Cl)c3)C2=O)c1. The summed E-state index contributed by atoms with van der Waals surface area (Å²) in [7, 11) is 0. The molecule has 156 valence electrons. The zero-order valence-corrected chi connectivity index (χ0v) is 18.8. The number of hydrogen-bond acceptors (Lipinski definition) is 3. The van der Waals surface area contributed by atoms with Crippen molar-refractivity contribution in [1.29, 1.82) is 0 Å². The van der Waals surface area contributed by atoms with E-state index in [0.29, 0.717) is 21.3 Å². The second kappa shape index (κ2) is 8.22. The van der Waals surface area contributed by atoms with Crippen LogP contribution in [-0.4, -0.2) is 11.8 Å². The van der Waals surface area contributed by atoms with Crippen LogP contribution in [0, 0.1) is 20.8 Å². The Morgan fingerprint density at radius 2 is 1.42 bits per heavy atom. The van der Waals surface area contributed by atoms with Crippen molar-refractivity contribution >= 4 is 52.0 Å². The lowest BCUT2D eigenvalue weighted by Crippen LogP contribution is -2.32. The fourth-order valence-electron chi connectivity index (χ4n) is 3.68. The van der Waals surface area contributed by atoms with Crippen LogP contribution in [0.3, 0.4) is 0 Å². The maximum atomic E-state index is 13.5. The van der Waals surface area contributed by atoms with Gasteiger partial charge in [0.2, 0.25) is 0 Å². The number of rotatable bonds is 4. The summed E-state index contributed by atoms with van der Waals surface area (Å²) in [6, 6.07) is 17.9. The Balaban J connectivity index is 1.84. The quantitative estimate of drug-likeness (QED) is 0.473. The maximum absolute atomic E-state index is 13.5. The molecule has 1 heterocycles. The maximum Gasteiger partial charge on any atom is 0.282 e. The average molecular weight is 451 g/mol. The Labute approximate surface area is 191 Å². The highest BCUT2D eigenvalue weighted by Gasteiger charge is 2.40. The molecule has 31 heavy (non-hydrogen) atoms. The predicted octanol–water partition coefficient (Wildman–Crippen LogP) is 6.32. The summed E-state index contributed by atoms with van der Waals surface area (Å²) in [6.45, 7) is 5.83. The number of carbonyl (C=O) groups excluding carboxylic acids is 2. The summed E-state index contributed by atoms with van der Waals surface area (Å²) in [5, 5.41) is 4.23. The first-order valence-corrected chi connectivity index (χ1v) is 10.5. The van der Waals surface area contributed by atoms with Gasteiger partial charge in [-0.25, -0.2) is 4.90 Å². The highest BCUT2D eigenvalue weighted by Crippen LogP contribution is 2.35. The second-order valence-electron chi connectivity index (χ2n) is 7.64. The van der Waals surface area contributed by atoms with E-state index in [1.165, 1.54) is 0 Å². The molecule has 1 aliphatic rings. The monoisotopic (exact) mass is 450 g/mol. The normalized spacial score (nSPS) is 13.9. The van der Waals surface area contributed by atoms with Crippen LogP contribution in [0.25, 0.3) is 5.57 Å². The smallest absolute Gasteiger partial charge is 0.282 e. The van der Waals surface area contributed by atoms with Crippen LogP contribution in [0.4, 0.5) is 11.4 Å². The third-order valence-electron chi connectivity index (χ3n) is 5.12. The molecule has 3 aromatic carbocycles. The lowest BCUT2D eigenvalue weighted by Gasteiger charge is -2.16. The van der Waals surface area contributed by atoms with Crippen LogP contribution in [0.1, 0.15) is 22.3 Å². The molecule has 0 aliphatic carbocycles. The van der Waals surface area contributed by atoms with E-state index in [1.54, 1.807) is 42.5 Å². The van der Waals surface area contributed by atoms with Crippen molar-refractivity contribution in [3.8, 4) is 0 Å². The molecule has 0 saturated carbocycles. The first-order valence-electron chi connectivity index (χ1n) is 9.75. The van der Waals surface area contributed by atoms with Crippen molar-refractivity contribution in [1.82, 2.24) is 0 Å². The largest absolute Gasteiger partial charge is 0.350 e. The van der Waals surface area contributed by atoms with Crippen molar-refractivity contribution in [2.75, 3.05) is 10.2 Å². The number of nitrogens with one attached hydrogen (secondary N) is 1. The summed E-state index contributed by atoms with van der Waals surface area (Å²) in [5.74, 6) is -0.854. The molecule has 6 heteroatoms. The zero-order chi connectivity index (χ0) is 22.3. The minimum atomic E-state index is -0.436. The summed E-state index contributed by atoms with van der Waals surface area (Å²) in [6.07, 6.45) is 0. The predicted molar refractivity (Wildman–Crippen MR) is 127 cm³/mol. The minimum Gasteiger partial charge on any atom is -0.350 e. The third kappa shape index (κ3) is 4.09. The van der Waals surface area contributed by atoms with Gasteiger partial charge in [-0.1, -0.05) is 47.5 Å². The number of nitrogens with zero attached hydrogens (tertiary/aromatic N) is 1. The van der Waals surface area contributed by atoms with Gasteiger partial charge in [0.05, 0.1) is 11.3 Å². The van der Waals surface area contributed by atoms with Gasteiger partial charge in [-0.2, -0.15) is 0 Å². The molecular weight excluding hydrogens is 431 g/mol. The van der Waals surface area contributed by atoms with E-state index in [9.17, 15) is 9.59 Å². The van der Waals surface area contributed by atoms with Gasteiger partial charge < -0.3 is 5.32 Å². The molecular formula is C25H20Cl2N2O2. The lowest BCUT2D eigenvalue weighted by atomic mass is 10.0. The van der Waals surface area contributed by atoms with Gasteiger partial charge in [0.25, 0.3) is 11.8 Å². The van der Waals surface area contributed by atoms with Gasteiger partial charge in [-0.05, 0) is 79.4 Å². The Bertz CT molecular complexity index is 1230. The van der Waals surface area contributed by atoms with Crippen molar-refractivity contribution in [3.05, 3.63) is 98.7 Å². The van der Waals surface area contributed by atoms with Crippen LogP contribution in [-0.2, 0) is 9.59 Å². The van der Waals surface area contributed by atoms with E-state index in [0.717, 1.165) is 27.3 Å². The molecule has 0 fully saturated rings. The molecule has 1 aliphatic heterocycles. The highest BCUT2D eigenvalue weighted by atomic mass is 35.5. The van der Waals surface area contributed by atoms with Crippen LogP contribution in [0.2, 0.25) is 10.0 Å². The Hall–Kier alpha value is -3.08. The highest BCUT2D eigenvalue weighted by molar-refractivity contribution is 6.46. The fraction of sp³-hybridized carbons (Fsp3) is 0.120. The number of halogens is 2. The van der Waals surface area contributed by atoms with Crippen LogP contribution < -0.4 is 10.2 Å². The lowest BCUT2D eigenvalue weighted by molar-refractivity contribution is -0.120. The summed E-state index contributed by atoms with van der Waals surface area (Å²) in [5.41, 5.74) is 5.24. The van der Waals surface area contributed by atoms with E-state index in [4.69, 9.17) is 23.2 Å². The Morgan fingerprint density at radius 3 is 2.03 bits per heavy atom. The van der Waals surface area contributed by atoms with Crippen molar-refractivity contribution in [2.24, 2.45) is 0 Å². The van der Waals surface area contributed by atoms with E-state index in [-0.39, 0.29) is 11.3 Å². The first kappa shape index (κ1) is 21.2. The second-order valence-corrected chi connectivity index (χ2v) is 8.48. The molecule has 0 spiro atoms. The van der Waals surface area contributed by atoms with E-state index >= 15 is 0 Å². The molecule has 0 atom stereocenters. The molecule has 2 amide bonds. The number of hydrogen-bond donors (Lipinski definition) is 1. The molecule has 3 aromatic rings. The summed E-state index contributed by atoms with van der Waals surface area (Å²) < 4.78 is 0. The Morgan fingerprint density at radius 1 is 0.774 bits per heavy atom. The summed E-state index contributed by atoms with van der Waals surface area (Å²) in [4.78, 5) is 28.1. The molecule has 0 aromatic heterocycles. The number of aryl methyl sites for hydroxylation is 3. The fourth-order valence-corrected chi connectivity index (χ4v) is 3.98. The summed E-state index contributed by atoms with van der Waals surface area (Å²) >= 11 is 12.3. The van der Waals surface area contributed by atoms with Crippen LogP contribution in [0.15, 0.2) is 66.4 Å². The number of amides is 2. The standard InChI is InChI=1S/C25H20Cl2N2O2/c1-14-10-15(2)12-19(11-14)28-23-22(17-5-7-18(26)8-6-17)24(30)29(25(23)31)20-9-4-16(3)21(27)13-20/h4-13,28H,1-3H3. The number of benzene rings is 3. The van der Waals surface area contributed by atoms with Gasteiger partial charge in [0.15, 0.2) is 0 Å². The van der Waals surface area contributed by atoms with Gasteiger partial charge in [0.1, 0.15) is 5.70 Å². The topological polar surface area (TPSA) is 49.4 Å².